The summed E-state index contributed by atoms with van der Waals surface area (Å²) < 4.78 is 39.6. The van der Waals surface area contributed by atoms with Crippen molar-refractivity contribution in [1.82, 2.24) is 4.98 Å². The molecule has 1 aromatic heterocycles. The lowest BCUT2D eigenvalue weighted by atomic mass is 10.1. The van der Waals surface area contributed by atoms with Gasteiger partial charge >= 0.3 is 0 Å². The topological polar surface area (TPSA) is 65.9 Å². The lowest BCUT2D eigenvalue weighted by molar-refractivity contribution is 0.447. The zero-order valence-corrected chi connectivity index (χ0v) is 10.7. The summed E-state index contributed by atoms with van der Waals surface area (Å²) in [5, 5.41) is 9.11. The van der Waals surface area contributed by atoms with Crippen molar-refractivity contribution in [2.75, 3.05) is 10.6 Å². The molecule has 0 unspecified atom stereocenters. The number of nitriles is 1. The predicted molar refractivity (Wildman–Crippen MR) is 69.6 cm³/mol. The molecule has 106 valence electrons. The molecule has 2 heterocycles. The van der Waals surface area contributed by atoms with Gasteiger partial charge in [-0.3, -0.25) is 0 Å². The van der Waals surface area contributed by atoms with Crippen LogP contribution >= 0.6 is 0 Å². The number of aromatic nitrogens is 1. The molecule has 0 saturated heterocycles. The Bertz CT molecular complexity index is 760. The molecule has 3 rings (SSSR count). The van der Waals surface area contributed by atoms with Crippen molar-refractivity contribution in [2.45, 2.75) is 13.1 Å². The van der Waals surface area contributed by atoms with Gasteiger partial charge in [0.2, 0.25) is 0 Å². The predicted octanol–water partition coefficient (Wildman–Crippen LogP) is 2.47. The highest BCUT2D eigenvalue weighted by molar-refractivity contribution is 5.61. The Hall–Kier alpha value is -2.75. The number of pyridine rings is 1. The van der Waals surface area contributed by atoms with Crippen LogP contribution in [0.3, 0.4) is 0 Å². The van der Waals surface area contributed by atoms with E-state index in [1.165, 1.54) is 6.20 Å². The van der Waals surface area contributed by atoms with Crippen molar-refractivity contribution in [1.29, 1.82) is 5.26 Å². The molecular formula is C14H9F3N4. The molecule has 0 bridgehead atoms. The van der Waals surface area contributed by atoms with Gasteiger partial charge in [-0.05, 0) is 11.1 Å². The van der Waals surface area contributed by atoms with Crippen LogP contribution in [-0.4, -0.2) is 4.98 Å². The van der Waals surface area contributed by atoms with E-state index >= 15 is 0 Å². The smallest absolute Gasteiger partial charge is 0.194 e. The number of hydrogen-bond donors (Lipinski definition) is 1. The van der Waals surface area contributed by atoms with Crippen LogP contribution in [0.5, 0.6) is 0 Å². The van der Waals surface area contributed by atoms with E-state index < -0.39 is 17.5 Å². The van der Waals surface area contributed by atoms with Gasteiger partial charge in [0.25, 0.3) is 0 Å². The van der Waals surface area contributed by atoms with Gasteiger partial charge in [-0.2, -0.15) is 5.26 Å². The number of halogens is 3. The molecule has 2 N–H and O–H groups in total. The van der Waals surface area contributed by atoms with Gasteiger partial charge in [0, 0.05) is 37.1 Å². The van der Waals surface area contributed by atoms with Gasteiger partial charge in [0.15, 0.2) is 17.5 Å². The zero-order valence-electron chi connectivity index (χ0n) is 10.7. The summed E-state index contributed by atoms with van der Waals surface area (Å²) in [6.07, 6.45) is 1.53. The van der Waals surface area contributed by atoms with Gasteiger partial charge in [0.05, 0.1) is 5.56 Å². The molecule has 2 aromatic rings. The normalized spacial score (nSPS) is 13.1. The average Bonchev–Trinajstić information content (AvgIpc) is 2.88. The van der Waals surface area contributed by atoms with E-state index in [1.807, 2.05) is 6.07 Å². The summed E-state index contributed by atoms with van der Waals surface area (Å²) in [7, 11) is 0. The van der Waals surface area contributed by atoms with Crippen LogP contribution in [0.15, 0.2) is 18.3 Å². The fourth-order valence-corrected chi connectivity index (χ4v) is 2.41. The molecule has 0 radical (unpaired) electrons. The summed E-state index contributed by atoms with van der Waals surface area (Å²) in [5.74, 6) is -3.88. The highest BCUT2D eigenvalue weighted by Gasteiger charge is 2.25. The Kier molecular flexibility index (Phi) is 2.94. The number of nitrogen functional groups attached to an aromatic ring is 1. The molecule has 1 aliphatic rings. The van der Waals surface area contributed by atoms with Gasteiger partial charge in [-0.25, -0.2) is 18.2 Å². The molecule has 21 heavy (non-hydrogen) atoms. The first-order chi connectivity index (χ1) is 10.0. The number of rotatable bonds is 1. The maximum atomic E-state index is 13.3. The van der Waals surface area contributed by atoms with Crippen molar-refractivity contribution >= 4 is 11.5 Å². The molecule has 0 atom stereocenters. The largest absolute Gasteiger partial charge is 0.383 e. The number of anilines is 2. The number of nitrogens with two attached hydrogens (primary N) is 1. The van der Waals surface area contributed by atoms with Crippen LogP contribution < -0.4 is 10.6 Å². The number of fused-ring (bicyclic) bond motifs is 1. The summed E-state index contributed by atoms with van der Waals surface area (Å²) in [4.78, 5) is 5.54. The Morgan fingerprint density at radius 2 is 1.86 bits per heavy atom. The van der Waals surface area contributed by atoms with Crippen LogP contribution in [0.4, 0.5) is 24.7 Å². The molecular weight excluding hydrogens is 281 g/mol. The van der Waals surface area contributed by atoms with Crippen molar-refractivity contribution in [3.05, 3.63) is 52.5 Å². The van der Waals surface area contributed by atoms with E-state index in [1.54, 1.807) is 4.90 Å². The van der Waals surface area contributed by atoms with E-state index in [2.05, 4.69) is 4.98 Å². The van der Waals surface area contributed by atoms with E-state index in [0.717, 1.165) is 17.7 Å². The number of hydrogen-bond acceptors (Lipinski definition) is 4. The quantitative estimate of drug-likeness (QED) is 0.819. The monoisotopic (exact) mass is 290 g/mol. The second kappa shape index (κ2) is 4.66. The van der Waals surface area contributed by atoms with Crippen LogP contribution in [0.1, 0.15) is 16.7 Å². The fourth-order valence-electron chi connectivity index (χ4n) is 2.41. The highest BCUT2D eigenvalue weighted by Crippen LogP contribution is 2.32. The van der Waals surface area contributed by atoms with Crippen LogP contribution in [0.2, 0.25) is 0 Å². The third kappa shape index (κ3) is 2.05. The second-order valence-corrected chi connectivity index (χ2v) is 4.71. The molecule has 1 aromatic carbocycles. The average molecular weight is 290 g/mol. The van der Waals surface area contributed by atoms with Gasteiger partial charge in [-0.15, -0.1) is 0 Å². The molecule has 0 aliphatic carbocycles. The maximum absolute atomic E-state index is 13.3. The lowest BCUT2D eigenvalue weighted by Crippen LogP contribution is -2.15. The first kappa shape index (κ1) is 13.2. The Balaban J connectivity index is 2.01. The Morgan fingerprint density at radius 1 is 1.19 bits per heavy atom. The van der Waals surface area contributed by atoms with Crippen molar-refractivity contribution in [3.63, 3.8) is 0 Å². The first-order valence-electron chi connectivity index (χ1n) is 6.07. The van der Waals surface area contributed by atoms with Gasteiger partial charge in [0.1, 0.15) is 11.9 Å². The van der Waals surface area contributed by atoms with E-state index in [9.17, 15) is 13.2 Å². The highest BCUT2D eigenvalue weighted by atomic mass is 19.2. The fraction of sp³-hybridized carbons (Fsp3) is 0.143. The first-order valence-corrected chi connectivity index (χ1v) is 6.07. The van der Waals surface area contributed by atoms with Crippen LogP contribution in [0.25, 0.3) is 0 Å². The Labute approximate surface area is 118 Å². The van der Waals surface area contributed by atoms with Crippen molar-refractivity contribution in [2.24, 2.45) is 0 Å². The van der Waals surface area contributed by atoms with Gasteiger partial charge < -0.3 is 10.6 Å². The SMILES string of the molecule is N#Cc1c(N)ncc2c1CN(c1cc(F)c(F)c(F)c1)C2. The molecule has 0 saturated carbocycles. The minimum Gasteiger partial charge on any atom is -0.383 e. The van der Waals surface area contributed by atoms with Crippen LogP contribution in [0, 0.1) is 28.8 Å². The minimum atomic E-state index is -1.50. The third-order valence-electron chi connectivity index (χ3n) is 3.46. The maximum Gasteiger partial charge on any atom is 0.194 e. The summed E-state index contributed by atoms with van der Waals surface area (Å²) in [6.45, 7) is 0.581. The lowest BCUT2D eigenvalue weighted by Gasteiger charge is -2.18. The second-order valence-electron chi connectivity index (χ2n) is 4.71. The molecule has 4 nitrogen and oxygen atoms in total. The summed E-state index contributed by atoms with van der Waals surface area (Å²) in [5.41, 5.74) is 7.53. The Morgan fingerprint density at radius 3 is 2.48 bits per heavy atom. The molecule has 7 heteroatoms. The zero-order chi connectivity index (χ0) is 15.1. The number of nitrogens with zero attached hydrogens (tertiary/aromatic N) is 3. The summed E-state index contributed by atoms with van der Waals surface area (Å²) in [6, 6.07) is 3.82. The number of benzene rings is 1. The van der Waals surface area contributed by atoms with Crippen LogP contribution in [-0.2, 0) is 13.1 Å². The molecule has 1 aliphatic heterocycles. The van der Waals surface area contributed by atoms with E-state index in [0.29, 0.717) is 12.1 Å². The molecule has 0 amide bonds. The minimum absolute atomic E-state index is 0.120. The summed E-state index contributed by atoms with van der Waals surface area (Å²) >= 11 is 0. The van der Waals surface area contributed by atoms with E-state index in [-0.39, 0.29) is 23.6 Å². The van der Waals surface area contributed by atoms with Gasteiger partial charge in [-0.1, -0.05) is 0 Å². The van der Waals surface area contributed by atoms with Crippen molar-refractivity contribution < 1.29 is 13.2 Å². The van der Waals surface area contributed by atoms with Crippen molar-refractivity contribution in [3.8, 4) is 6.07 Å². The molecule has 0 fully saturated rings. The molecule has 0 spiro atoms. The van der Waals surface area contributed by atoms with E-state index in [4.69, 9.17) is 11.0 Å². The standard InChI is InChI=1S/C14H9F3N4/c15-11-1-8(2-12(16)13(11)17)21-5-7-4-20-14(19)9(3-18)10(7)6-21/h1-2,4H,5-6H2,(H2,19,20). The third-order valence-corrected chi connectivity index (χ3v) is 3.46.